The van der Waals surface area contributed by atoms with Crippen molar-refractivity contribution in [2.24, 2.45) is 0 Å². The van der Waals surface area contributed by atoms with E-state index in [9.17, 15) is 4.79 Å². The van der Waals surface area contributed by atoms with Crippen LogP contribution < -0.4 is 4.74 Å². The van der Waals surface area contributed by atoms with Gasteiger partial charge in [0.2, 0.25) is 0 Å². The fourth-order valence-electron chi connectivity index (χ4n) is 1.12. The molecule has 0 fully saturated rings. The molecule has 0 bridgehead atoms. The van der Waals surface area contributed by atoms with Gasteiger partial charge in [-0.2, -0.15) is 0 Å². The van der Waals surface area contributed by atoms with Crippen molar-refractivity contribution < 1.29 is 14.3 Å². The number of aryl methyl sites for hydroxylation is 1. The van der Waals surface area contributed by atoms with Gasteiger partial charge in [-0.15, -0.1) is 0 Å². The molecule has 1 aromatic rings. The third kappa shape index (κ3) is 4.49. The van der Waals surface area contributed by atoms with Gasteiger partial charge >= 0.3 is 5.97 Å². The van der Waals surface area contributed by atoms with E-state index in [0.717, 1.165) is 5.75 Å². The fourth-order valence-corrected chi connectivity index (χ4v) is 1.12. The summed E-state index contributed by atoms with van der Waals surface area (Å²) in [5.41, 5.74) is 1.19. The molecule has 0 aromatic heterocycles. The van der Waals surface area contributed by atoms with Gasteiger partial charge in [-0.3, -0.25) is 4.79 Å². The Morgan fingerprint density at radius 2 is 1.93 bits per heavy atom. The summed E-state index contributed by atoms with van der Waals surface area (Å²) in [5.74, 6) is 0.564. The van der Waals surface area contributed by atoms with Crippen LogP contribution in [0.1, 0.15) is 18.9 Å². The molecule has 3 nitrogen and oxygen atoms in total. The second kappa shape index (κ2) is 6.06. The Morgan fingerprint density at radius 3 is 2.53 bits per heavy atom. The highest BCUT2D eigenvalue weighted by atomic mass is 16.5. The van der Waals surface area contributed by atoms with E-state index in [0.29, 0.717) is 19.6 Å². The zero-order chi connectivity index (χ0) is 11.1. The summed E-state index contributed by atoms with van der Waals surface area (Å²) in [6.07, 6.45) is 0.293. The molecule has 0 aliphatic carbocycles. The monoisotopic (exact) mass is 208 g/mol. The van der Waals surface area contributed by atoms with Crippen molar-refractivity contribution in [3.63, 3.8) is 0 Å². The minimum atomic E-state index is -0.218. The van der Waals surface area contributed by atoms with Crippen LogP contribution >= 0.6 is 0 Å². The van der Waals surface area contributed by atoms with Gasteiger partial charge in [-0.05, 0) is 26.0 Å². The standard InChI is InChI=1S/C12H16O3/c1-3-14-12(13)8-9-15-11-6-4-10(2)5-7-11/h4-7H,3,8-9H2,1-2H3. The quantitative estimate of drug-likeness (QED) is 0.697. The van der Waals surface area contributed by atoms with Gasteiger partial charge in [-0.1, -0.05) is 17.7 Å². The second-order valence-electron chi connectivity index (χ2n) is 3.22. The lowest BCUT2D eigenvalue weighted by molar-refractivity contribution is -0.143. The molecule has 0 heterocycles. The van der Waals surface area contributed by atoms with Gasteiger partial charge in [0.1, 0.15) is 5.75 Å². The summed E-state index contributed by atoms with van der Waals surface area (Å²) in [7, 11) is 0. The average Bonchev–Trinajstić information content (AvgIpc) is 2.21. The lowest BCUT2D eigenvalue weighted by Gasteiger charge is -2.05. The highest BCUT2D eigenvalue weighted by Crippen LogP contribution is 2.11. The van der Waals surface area contributed by atoms with Crippen LogP contribution in [0.15, 0.2) is 24.3 Å². The Labute approximate surface area is 90.0 Å². The van der Waals surface area contributed by atoms with Gasteiger partial charge in [0.25, 0.3) is 0 Å². The number of ether oxygens (including phenoxy) is 2. The molecule has 1 rings (SSSR count). The smallest absolute Gasteiger partial charge is 0.309 e. The van der Waals surface area contributed by atoms with Crippen molar-refractivity contribution in [3.05, 3.63) is 29.8 Å². The largest absolute Gasteiger partial charge is 0.493 e. The van der Waals surface area contributed by atoms with E-state index in [-0.39, 0.29) is 5.97 Å². The predicted molar refractivity (Wildman–Crippen MR) is 57.9 cm³/mol. The third-order valence-electron chi connectivity index (χ3n) is 1.90. The van der Waals surface area contributed by atoms with Crippen LogP contribution in [-0.4, -0.2) is 19.2 Å². The van der Waals surface area contributed by atoms with E-state index in [1.54, 1.807) is 6.92 Å². The highest BCUT2D eigenvalue weighted by Gasteiger charge is 2.01. The van der Waals surface area contributed by atoms with Crippen molar-refractivity contribution >= 4 is 5.97 Å². The van der Waals surface area contributed by atoms with Crippen LogP contribution in [0.25, 0.3) is 0 Å². The molecule has 0 aliphatic heterocycles. The molecule has 0 atom stereocenters. The Balaban J connectivity index is 2.26. The number of carbonyl (C=O) groups is 1. The van der Waals surface area contributed by atoms with E-state index < -0.39 is 0 Å². The number of carbonyl (C=O) groups excluding carboxylic acids is 1. The highest BCUT2D eigenvalue weighted by molar-refractivity contribution is 5.69. The number of esters is 1. The van der Waals surface area contributed by atoms with Gasteiger partial charge in [-0.25, -0.2) is 0 Å². The van der Waals surface area contributed by atoms with Gasteiger partial charge in [0.15, 0.2) is 0 Å². The molecule has 0 spiro atoms. The Kier molecular flexibility index (Phi) is 4.68. The first-order valence-corrected chi connectivity index (χ1v) is 5.07. The first kappa shape index (κ1) is 11.6. The van der Waals surface area contributed by atoms with Crippen LogP contribution in [0.5, 0.6) is 5.75 Å². The summed E-state index contributed by atoms with van der Waals surface area (Å²) in [6, 6.07) is 7.72. The Bertz CT molecular complexity index is 303. The molecule has 1 aromatic carbocycles. The fraction of sp³-hybridized carbons (Fsp3) is 0.417. The molecule has 0 radical (unpaired) electrons. The summed E-state index contributed by atoms with van der Waals surface area (Å²) in [4.78, 5) is 11.0. The number of hydrogen-bond acceptors (Lipinski definition) is 3. The molecule has 0 aliphatic rings. The molecule has 0 N–H and O–H groups in total. The lowest BCUT2D eigenvalue weighted by atomic mass is 10.2. The zero-order valence-corrected chi connectivity index (χ0v) is 9.16. The van der Waals surface area contributed by atoms with E-state index in [2.05, 4.69) is 0 Å². The minimum absolute atomic E-state index is 0.218. The van der Waals surface area contributed by atoms with Crippen LogP contribution in [-0.2, 0) is 9.53 Å². The van der Waals surface area contributed by atoms with Gasteiger partial charge < -0.3 is 9.47 Å². The molecule has 82 valence electrons. The lowest BCUT2D eigenvalue weighted by Crippen LogP contribution is -2.09. The second-order valence-corrected chi connectivity index (χ2v) is 3.22. The van der Waals surface area contributed by atoms with Gasteiger partial charge in [0.05, 0.1) is 19.6 Å². The van der Waals surface area contributed by atoms with Gasteiger partial charge in [0, 0.05) is 0 Å². The van der Waals surface area contributed by atoms with Crippen molar-refractivity contribution in [1.29, 1.82) is 0 Å². The van der Waals surface area contributed by atoms with Crippen LogP contribution in [0.4, 0.5) is 0 Å². The number of benzene rings is 1. The molecular formula is C12H16O3. The molecule has 0 saturated carbocycles. The summed E-state index contributed by atoms with van der Waals surface area (Å²) >= 11 is 0. The van der Waals surface area contributed by atoms with Crippen molar-refractivity contribution in [2.45, 2.75) is 20.3 Å². The minimum Gasteiger partial charge on any atom is -0.493 e. The van der Waals surface area contributed by atoms with E-state index >= 15 is 0 Å². The topological polar surface area (TPSA) is 35.5 Å². The van der Waals surface area contributed by atoms with Crippen LogP contribution in [0, 0.1) is 6.92 Å². The average molecular weight is 208 g/mol. The molecule has 0 unspecified atom stereocenters. The van der Waals surface area contributed by atoms with E-state index in [4.69, 9.17) is 9.47 Å². The molecular weight excluding hydrogens is 192 g/mol. The maximum atomic E-state index is 11.0. The zero-order valence-electron chi connectivity index (χ0n) is 9.16. The van der Waals surface area contributed by atoms with Crippen molar-refractivity contribution in [2.75, 3.05) is 13.2 Å². The van der Waals surface area contributed by atoms with Crippen molar-refractivity contribution in [1.82, 2.24) is 0 Å². The number of hydrogen-bond donors (Lipinski definition) is 0. The molecule has 15 heavy (non-hydrogen) atoms. The third-order valence-corrected chi connectivity index (χ3v) is 1.90. The van der Waals surface area contributed by atoms with E-state index in [1.807, 2.05) is 31.2 Å². The van der Waals surface area contributed by atoms with Crippen LogP contribution in [0.2, 0.25) is 0 Å². The first-order valence-electron chi connectivity index (χ1n) is 5.07. The maximum Gasteiger partial charge on any atom is 0.309 e. The first-order chi connectivity index (χ1) is 7.22. The number of rotatable bonds is 5. The molecule has 0 saturated heterocycles. The predicted octanol–water partition coefficient (Wildman–Crippen LogP) is 2.33. The normalized spacial score (nSPS) is 9.73. The SMILES string of the molecule is CCOC(=O)CCOc1ccc(C)cc1. The summed E-state index contributed by atoms with van der Waals surface area (Å²) in [6.45, 7) is 4.59. The molecule has 3 heteroatoms. The van der Waals surface area contributed by atoms with Crippen molar-refractivity contribution in [3.8, 4) is 5.75 Å². The summed E-state index contributed by atoms with van der Waals surface area (Å²) < 4.78 is 10.2. The maximum absolute atomic E-state index is 11.0. The Morgan fingerprint density at radius 1 is 1.27 bits per heavy atom. The molecule has 0 amide bonds. The van der Waals surface area contributed by atoms with E-state index in [1.165, 1.54) is 5.56 Å². The van der Waals surface area contributed by atoms with Crippen LogP contribution in [0.3, 0.4) is 0 Å². The summed E-state index contributed by atoms with van der Waals surface area (Å²) in [5, 5.41) is 0. The Hall–Kier alpha value is -1.51.